The minimum absolute atomic E-state index is 0.461. The van der Waals surface area contributed by atoms with Gasteiger partial charge in [0.2, 0.25) is 0 Å². The third-order valence-electron chi connectivity index (χ3n) is 3.09. The van der Waals surface area contributed by atoms with Crippen LogP contribution in [0.2, 0.25) is 5.15 Å². The van der Waals surface area contributed by atoms with E-state index in [1.807, 2.05) is 18.2 Å². The predicted molar refractivity (Wildman–Crippen MR) is 83.0 cm³/mol. The van der Waals surface area contributed by atoms with Crippen molar-refractivity contribution in [3.05, 3.63) is 39.7 Å². The molecule has 3 rings (SSSR count). The molecule has 1 heterocycles. The molecule has 0 aliphatic heterocycles. The van der Waals surface area contributed by atoms with E-state index in [0.29, 0.717) is 16.9 Å². The van der Waals surface area contributed by atoms with Gasteiger partial charge < -0.3 is 10.1 Å². The van der Waals surface area contributed by atoms with Gasteiger partial charge in [-0.05, 0) is 40.9 Å². The summed E-state index contributed by atoms with van der Waals surface area (Å²) < 4.78 is 6.16. The Bertz CT molecular complexity index is 646. The maximum absolute atomic E-state index is 6.06. The molecule has 0 amide bonds. The Labute approximate surface area is 130 Å². The molecule has 1 saturated carbocycles. The Morgan fingerprint density at radius 2 is 2.10 bits per heavy atom. The van der Waals surface area contributed by atoms with Gasteiger partial charge in [0.15, 0.2) is 0 Å². The number of hydrogen-bond donors (Lipinski definition) is 1. The predicted octanol–water partition coefficient (Wildman–Crippen LogP) is 4.52. The topological polar surface area (TPSA) is 47.0 Å². The zero-order chi connectivity index (χ0) is 14.1. The number of methoxy groups -OCH3 is 1. The Hall–Kier alpha value is -1.33. The van der Waals surface area contributed by atoms with Crippen LogP contribution in [-0.2, 0) is 0 Å². The van der Waals surface area contributed by atoms with Crippen LogP contribution < -0.4 is 10.1 Å². The van der Waals surface area contributed by atoms with Crippen LogP contribution in [0.15, 0.2) is 28.7 Å². The minimum atomic E-state index is 0.461. The van der Waals surface area contributed by atoms with Crippen molar-refractivity contribution in [1.82, 2.24) is 9.97 Å². The van der Waals surface area contributed by atoms with E-state index in [-0.39, 0.29) is 0 Å². The Balaban J connectivity index is 1.90. The molecule has 4 nitrogen and oxygen atoms in total. The van der Waals surface area contributed by atoms with Gasteiger partial charge in [-0.1, -0.05) is 11.6 Å². The van der Waals surface area contributed by atoms with Crippen LogP contribution in [-0.4, -0.2) is 17.1 Å². The lowest BCUT2D eigenvalue weighted by molar-refractivity contribution is 0.415. The third kappa shape index (κ3) is 3.04. The molecule has 1 fully saturated rings. The summed E-state index contributed by atoms with van der Waals surface area (Å²) in [5, 5.41) is 3.71. The van der Waals surface area contributed by atoms with Crippen LogP contribution >= 0.6 is 27.5 Å². The second-order valence-corrected chi connectivity index (χ2v) is 5.92. The van der Waals surface area contributed by atoms with Gasteiger partial charge in [0.25, 0.3) is 0 Å². The first-order chi connectivity index (χ1) is 9.65. The molecular formula is C14H13BrClN3O. The fourth-order valence-corrected chi connectivity index (χ4v) is 2.42. The summed E-state index contributed by atoms with van der Waals surface area (Å²) in [6.45, 7) is 0. The van der Waals surface area contributed by atoms with Crippen molar-refractivity contribution in [1.29, 1.82) is 0 Å². The molecule has 104 valence electrons. The lowest BCUT2D eigenvalue weighted by Gasteiger charge is -2.11. The van der Waals surface area contributed by atoms with E-state index < -0.39 is 0 Å². The third-order valence-corrected chi connectivity index (χ3v) is 3.98. The number of hydrogen-bond acceptors (Lipinski definition) is 4. The molecule has 0 radical (unpaired) electrons. The van der Waals surface area contributed by atoms with Gasteiger partial charge >= 0.3 is 0 Å². The van der Waals surface area contributed by atoms with Crippen molar-refractivity contribution in [2.45, 2.75) is 18.8 Å². The molecular weight excluding hydrogens is 342 g/mol. The summed E-state index contributed by atoms with van der Waals surface area (Å²) in [4.78, 5) is 8.79. The quantitative estimate of drug-likeness (QED) is 0.820. The molecule has 1 aliphatic carbocycles. The van der Waals surface area contributed by atoms with Gasteiger partial charge in [-0.3, -0.25) is 0 Å². The van der Waals surface area contributed by atoms with Crippen LogP contribution in [0.4, 0.5) is 11.5 Å². The number of benzene rings is 1. The number of ether oxygens (including phenoxy) is 1. The van der Waals surface area contributed by atoms with E-state index in [1.165, 1.54) is 0 Å². The van der Waals surface area contributed by atoms with E-state index >= 15 is 0 Å². The lowest BCUT2D eigenvalue weighted by Crippen LogP contribution is -2.00. The Morgan fingerprint density at radius 1 is 1.30 bits per heavy atom. The highest BCUT2D eigenvalue weighted by Crippen LogP contribution is 2.39. The van der Waals surface area contributed by atoms with Crippen molar-refractivity contribution in [2.75, 3.05) is 12.4 Å². The Kier molecular flexibility index (Phi) is 3.81. The molecule has 0 spiro atoms. The standard InChI is InChI=1S/C14H13BrClN3O/c1-20-9-4-5-10(15)11(6-9)17-13-7-12(16)18-14(19-13)8-2-3-8/h4-8H,2-3H2,1H3,(H,17,18,19). The van der Waals surface area contributed by atoms with Gasteiger partial charge in [-0.2, -0.15) is 0 Å². The van der Waals surface area contributed by atoms with Crippen molar-refractivity contribution >= 4 is 39.0 Å². The van der Waals surface area contributed by atoms with Gasteiger partial charge in [0.1, 0.15) is 22.5 Å². The summed E-state index contributed by atoms with van der Waals surface area (Å²) in [7, 11) is 1.64. The zero-order valence-electron chi connectivity index (χ0n) is 10.9. The molecule has 2 aromatic rings. The second-order valence-electron chi connectivity index (χ2n) is 4.68. The molecule has 6 heteroatoms. The van der Waals surface area contributed by atoms with Gasteiger partial charge in [-0.25, -0.2) is 9.97 Å². The zero-order valence-corrected chi connectivity index (χ0v) is 13.2. The van der Waals surface area contributed by atoms with E-state index in [2.05, 4.69) is 31.2 Å². The molecule has 0 saturated heterocycles. The highest BCUT2D eigenvalue weighted by Gasteiger charge is 2.27. The van der Waals surface area contributed by atoms with E-state index in [9.17, 15) is 0 Å². The highest BCUT2D eigenvalue weighted by molar-refractivity contribution is 9.10. The molecule has 0 bridgehead atoms. The van der Waals surface area contributed by atoms with Crippen LogP contribution in [0.3, 0.4) is 0 Å². The van der Waals surface area contributed by atoms with Crippen molar-refractivity contribution in [3.8, 4) is 5.75 Å². The number of anilines is 2. The number of halogens is 2. The first kappa shape index (κ1) is 13.6. The second kappa shape index (κ2) is 5.58. The maximum atomic E-state index is 6.06. The van der Waals surface area contributed by atoms with E-state index in [0.717, 1.165) is 34.6 Å². The first-order valence-electron chi connectivity index (χ1n) is 6.31. The molecule has 0 atom stereocenters. The maximum Gasteiger partial charge on any atom is 0.135 e. The van der Waals surface area contributed by atoms with E-state index in [1.54, 1.807) is 13.2 Å². The Morgan fingerprint density at radius 3 is 2.80 bits per heavy atom. The van der Waals surface area contributed by atoms with Crippen molar-refractivity contribution in [3.63, 3.8) is 0 Å². The molecule has 1 aliphatic rings. The van der Waals surface area contributed by atoms with E-state index in [4.69, 9.17) is 16.3 Å². The summed E-state index contributed by atoms with van der Waals surface area (Å²) in [6.07, 6.45) is 2.28. The summed E-state index contributed by atoms with van der Waals surface area (Å²) >= 11 is 9.56. The van der Waals surface area contributed by atoms with Gasteiger partial charge in [0, 0.05) is 22.5 Å². The SMILES string of the molecule is COc1ccc(Br)c(Nc2cc(Cl)nc(C3CC3)n2)c1. The van der Waals surface area contributed by atoms with Crippen LogP contribution in [0.1, 0.15) is 24.6 Å². The summed E-state index contributed by atoms with van der Waals surface area (Å²) in [5.74, 6) is 2.75. The number of rotatable bonds is 4. The first-order valence-corrected chi connectivity index (χ1v) is 7.48. The largest absolute Gasteiger partial charge is 0.497 e. The molecule has 1 aromatic carbocycles. The number of nitrogens with zero attached hydrogens (tertiary/aromatic N) is 2. The van der Waals surface area contributed by atoms with Gasteiger partial charge in [0.05, 0.1) is 12.8 Å². The van der Waals surface area contributed by atoms with Crippen LogP contribution in [0, 0.1) is 0 Å². The smallest absolute Gasteiger partial charge is 0.135 e. The fourth-order valence-electron chi connectivity index (χ4n) is 1.89. The summed E-state index contributed by atoms with van der Waals surface area (Å²) in [6, 6.07) is 7.43. The molecule has 0 unspecified atom stereocenters. The monoisotopic (exact) mass is 353 g/mol. The number of nitrogens with one attached hydrogen (secondary N) is 1. The van der Waals surface area contributed by atoms with Crippen molar-refractivity contribution < 1.29 is 4.74 Å². The average Bonchev–Trinajstić information content (AvgIpc) is 3.25. The van der Waals surface area contributed by atoms with Crippen LogP contribution in [0.25, 0.3) is 0 Å². The molecule has 1 aromatic heterocycles. The minimum Gasteiger partial charge on any atom is -0.497 e. The average molecular weight is 355 g/mol. The van der Waals surface area contributed by atoms with Gasteiger partial charge in [-0.15, -0.1) is 0 Å². The van der Waals surface area contributed by atoms with Crippen LogP contribution in [0.5, 0.6) is 5.75 Å². The number of aromatic nitrogens is 2. The summed E-state index contributed by atoms with van der Waals surface area (Å²) in [5.41, 5.74) is 0.876. The lowest BCUT2D eigenvalue weighted by atomic mass is 10.3. The van der Waals surface area contributed by atoms with Crippen molar-refractivity contribution in [2.24, 2.45) is 0 Å². The fraction of sp³-hybridized carbons (Fsp3) is 0.286. The molecule has 20 heavy (non-hydrogen) atoms. The highest BCUT2D eigenvalue weighted by atomic mass is 79.9. The normalized spacial score (nSPS) is 14.2. The molecule has 1 N–H and O–H groups in total.